The second-order valence-electron chi connectivity index (χ2n) is 5.13. The standard InChI is InChI=1S/C15H21NO3S/c1-2-20-13-5-3-4-12(14(13)15(18)19)16-9-10-6-7-11(17)8-10/h3-5,10-11,16-17H,2,6-9H2,1H3,(H,18,19). The number of hydrogen-bond donors (Lipinski definition) is 3. The van der Waals surface area contributed by atoms with Crippen molar-refractivity contribution in [3.05, 3.63) is 23.8 Å². The van der Waals surface area contributed by atoms with Gasteiger partial charge >= 0.3 is 5.97 Å². The summed E-state index contributed by atoms with van der Waals surface area (Å²) in [6, 6.07) is 5.55. The number of rotatable bonds is 6. The number of anilines is 1. The highest BCUT2D eigenvalue weighted by Crippen LogP contribution is 2.30. The smallest absolute Gasteiger partial charge is 0.338 e. The summed E-state index contributed by atoms with van der Waals surface area (Å²) in [6.45, 7) is 2.73. The molecule has 110 valence electrons. The number of carboxylic acids is 1. The van der Waals surface area contributed by atoms with Crippen molar-refractivity contribution in [2.45, 2.75) is 37.2 Å². The number of carbonyl (C=O) groups is 1. The molecule has 2 rings (SSSR count). The first kappa shape index (κ1) is 15.2. The van der Waals surface area contributed by atoms with E-state index in [4.69, 9.17) is 0 Å². The first-order valence-corrected chi connectivity index (χ1v) is 8.01. The molecule has 1 aromatic rings. The summed E-state index contributed by atoms with van der Waals surface area (Å²) in [7, 11) is 0. The first-order valence-electron chi connectivity index (χ1n) is 7.02. The quantitative estimate of drug-likeness (QED) is 0.704. The molecule has 0 spiro atoms. The van der Waals surface area contributed by atoms with Gasteiger partial charge < -0.3 is 15.5 Å². The van der Waals surface area contributed by atoms with Gasteiger partial charge in [0.05, 0.1) is 11.7 Å². The molecule has 0 bridgehead atoms. The maximum absolute atomic E-state index is 11.5. The lowest BCUT2D eigenvalue weighted by Crippen LogP contribution is -2.15. The zero-order valence-corrected chi connectivity index (χ0v) is 12.4. The van der Waals surface area contributed by atoms with Crippen molar-refractivity contribution in [3.8, 4) is 0 Å². The molecule has 3 N–H and O–H groups in total. The predicted molar refractivity (Wildman–Crippen MR) is 81.6 cm³/mol. The highest BCUT2D eigenvalue weighted by atomic mass is 32.2. The molecule has 20 heavy (non-hydrogen) atoms. The molecular weight excluding hydrogens is 274 g/mol. The van der Waals surface area contributed by atoms with Crippen LogP contribution >= 0.6 is 11.8 Å². The van der Waals surface area contributed by atoms with Crippen molar-refractivity contribution in [1.82, 2.24) is 0 Å². The van der Waals surface area contributed by atoms with Crippen molar-refractivity contribution in [2.75, 3.05) is 17.6 Å². The summed E-state index contributed by atoms with van der Waals surface area (Å²) in [5, 5.41) is 22.2. The van der Waals surface area contributed by atoms with Crippen molar-refractivity contribution in [2.24, 2.45) is 5.92 Å². The topological polar surface area (TPSA) is 69.6 Å². The minimum Gasteiger partial charge on any atom is -0.478 e. The van der Waals surface area contributed by atoms with Gasteiger partial charge in [-0.25, -0.2) is 4.79 Å². The molecule has 2 atom stereocenters. The average molecular weight is 295 g/mol. The molecule has 5 heteroatoms. The number of benzene rings is 1. The Morgan fingerprint density at radius 2 is 2.25 bits per heavy atom. The number of aromatic carboxylic acids is 1. The molecule has 4 nitrogen and oxygen atoms in total. The van der Waals surface area contributed by atoms with Crippen molar-refractivity contribution >= 4 is 23.4 Å². The Bertz CT molecular complexity index is 478. The lowest BCUT2D eigenvalue weighted by Gasteiger charge is -2.15. The monoisotopic (exact) mass is 295 g/mol. The molecular formula is C15H21NO3S. The van der Waals surface area contributed by atoms with Crippen LogP contribution in [0.3, 0.4) is 0 Å². The molecule has 1 aliphatic carbocycles. The van der Waals surface area contributed by atoms with E-state index in [1.165, 1.54) is 0 Å². The largest absolute Gasteiger partial charge is 0.478 e. The Balaban J connectivity index is 2.10. The van der Waals surface area contributed by atoms with Gasteiger partial charge in [0.2, 0.25) is 0 Å². The van der Waals surface area contributed by atoms with Crippen LogP contribution in [0.5, 0.6) is 0 Å². The summed E-state index contributed by atoms with van der Waals surface area (Å²) < 4.78 is 0. The number of aliphatic hydroxyl groups excluding tert-OH is 1. The van der Waals surface area contributed by atoms with Crippen molar-refractivity contribution < 1.29 is 15.0 Å². The van der Waals surface area contributed by atoms with Crippen LogP contribution in [-0.2, 0) is 0 Å². The van der Waals surface area contributed by atoms with E-state index in [0.29, 0.717) is 17.2 Å². The van der Waals surface area contributed by atoms with Crippen LogP contribution in [-0.4, -0.2) is 34.6 Å². The molecule has 1 aliphatic rings. The van der Waals surface area contributed by atoms with Crippen molar-refractivity contribution in [1.29, 1.82) is 0 Å². The second kappa shape index (κ2) is 6.99. The Labute approximate surface area is 123 Å². The van der Waals surface area contributed by atoms with E-state index in [1.54, 1.807) is 11.8 Å². The first-order chi connectivity index (χ1) is 9.61. The predicted octanol–water partition coefficient (Wildman–Crippen LogP) is 3.07. The van der Waals surface area contributed by atoms with Gasteiger partial charge in [0.1, 0.15) is 0 Å². The summed E-state index contributed by atoms with van der Waals surface area (Å²) in [4.78, 5) is 12.3. The second-order valence-corrected chi connectivity index (χ2v) is 6.44. The molecule has 0 heterocycles. The molecule has 2 unspecified atom stereocenters. The maximum atomic E-state index is 11.5. The molecule has 0 radical (unpaired) electrons. The Kier molecular flexibility index (Phi) is 5.31. The molecule has 0 amide bonds. The minimum atomic E-state index is -0.893. The van der Waals surface area contributed by atoms with Crippen LogP contribution in [0.2, 0.25) is 0 Å². The SMILES string of the molecule is CCSc1cccc(NCC2CCC(O)C2)c1C(=O)O. The number of aliphatic hydroxyl groups is 1. The highest BCUT2D eigenvalue weighted by molar-refractivity contribution is 7.99. The molecule has 0 aromatic heterocycles. The number of carboxylic acid groups (broad SMARTS) is 1. The van der Waals surface area contributed by atoms with Crippen LogP contribution < -0.4 is 5.32 Å². The molecule has 0 aliphatic heterocycles. The fourth-order valence-corrected chi connectivity index (χ4v) is 3.49. The Morgan fingerprint density at radius 3 is 2.85 bits per heavy atom. The number of nitrogens with one attached hydrogen (secondary N) is 1. The van der Waals surface area contributed by atoms with Crippen molar-refractivity contribution in [3.63, 3.8) is 0 Å². The van der Waals surface area contributed by atoms with Gasteiger partial charge in [-0.05, 0) is 43.1 Å². The minimum absolute atomic E-state index is 0.192. The Morgan fingerprint density at radius 1 is 1.45 bits per heavy atom. The van der Waals surface area contributed by atoms with Crippen LogP contribution in [0.1, 0.15) is 36.5 Å². The molecule has 0 saturated heterocycles. The lowest BCUT2D eigenvalue weighted by molar-refractivity contribution is 0.0694. The summed E-state index contributed by atoms with van der Waals surface area (Å²) in [5.74, 6) is 0.378. The van der Waals surface area contributed by atoms with E-state index < -0.39 is 5.97 Å². The molecule has 1 saturated carbocycles. The van der Waals surface area contributed by atoms with Gasteiger partial charge in [-0.15, -0.1) is 11.8 Å². The van der Waals surface area contributed by atoms with E-state index in [-0.39, 0.29) is 6.10 Å². The summed E-state index contributed by atoms with van der Waals surface area (Å²) in [6.07, 6.45) is 2.46. The number of thioether (sulfide) groups is 1. The van der Waals surface area contributed by atoms with Gasteiger partial charge in [0.15, 0.2) is 0 Å². The fourth-order valence-electron chi connectivity index (χ4n) is 2.66. The fraction of sp³-hybridized carbons (Fsp3) is 0.533. The average Bonchev–Trinajstić information content (AvgIpc) is 2.82. The summed E-state index contributed by atoms with van der Waals surface area (Å²) >= 11 is 1.54. The van der Waals surface area contributed by atoms with E-state index in [9.17, 15) is 15.0 Å². The van der Waals surface area contributed by atoms with Gasteiger partial charge in [-0.3, -0.25) is 0 Å². The highest BCUT2D eigenvalue weighted by Gasteiger charge is 2.23. The van der Waals surface area contributed by atoms with Gasteiger partial charge in [-0.2, -0.15) is 0 Å². The van der Waals surface area contributed by atoms with E-state index in [1.807, 2.05) is 25.1 Å². The van der Waals surface area contributed by atoms with Gasteiger partial charge in [0.25, 0.3) is 0 Å². The van der Waals surface area contributed by atoms with E-state index in [2.05, 4.69) is 5.32 Å². The van der Waals surface area contributed by atoms with Crippen LogP contribution in [0.25, 0.3) is 0 Å². The number of hydrogen-bond acceptors (Lipinski definition) is 4. The van der Waals surface area contributed by atoms with Gasteiger partial charge in [-0.1, -0.05) is 13.0 Å². The Hall–Kier alpha value is -1.20. The third-order valence-corrected chi connectivity index (χ3v) is 4.57. The van der Waals surface area contributed by atoms with Gasteiger partial charge in [0, 0.05) is 17.1 Å². The maximum Gasteiger partial charge on any atom is 0.338 e. The van der Waals surface area contributed by atoms with E-state index in [0.717, 1.165) is 36.5 Å². The van der Waals surface area contributed by atoms with Crippen LogP contribution in [0.4, 0.5) is 5.69 Å². The normalized spacial score (nSPS) is 21.9. The molecule has 1 aromatic carbocycles. The molecule has 1 fully saturated rings. The summed E-state index contributed by atoms with van der Waals surface area (Å²) in [5.41, 5.74) is 1.04. The lowest BCUT2D eigenvalue weighted by atomic mass is 10.1. The third-order valence-electron chi connectivity index (χ3n) is 3.63. The van der Waals surface area contributed by atoms with E-state index >= 15 is 0 Å². The van der Waals surface area contributed by atoms with Crippen LogP contribution in [0.15, 0.2) is 23.1 Å². The van der Waals surface area contributed by atoms with Crippen LogP contribution in [0, 0.1) is 5.92 Å². The zero-order chi connectivity index (χ0) is 14.5. The third kappa shape index (κ3) is 3.67. The zero-order valence-electron chi connectivity index (χ0n) is 11.6.